The first-order chi connectivity index (χ1) is 14.8. The number of fused-ring (bicyclic) bond motifs is 1. The number of aromatic nitrogens is 4. The van der Waals surface area contributed by atoms with Crippen LogP contribution in [0, 0.1) is 13.8 Å². The molecule has 0 saturated carbocycles. The van der Waals surface area contributed by atoms with Gasteiger partial charge in [-0.2, -0.15) is 4.98 Å². The van der Waals surface area contributed by atoms with E-state index in [0.717, 1.165) is 30.7 Å². The fourth-order valence-corrected chi connectivity index (χ4v) is 4.43. The summed E-state index contributed by atoms with van der Waals surface area (Å²) < 4.78 is 29.3. The van der Waals surface area contributed by atoms with E-state index >= 15 is 0 Å². The van der Waals surface area contributed by atoms with Gasteiger partial charge in [0.25, 0.3) is 21.7 Å². The van der Waals surface area contributed by atoms with E-state index < -0.39 is 15.9 Å². The quantitative estimate of drug-likeness (QED) is 0.638. The molecule has 1 aliphatic heterocycles. The van der Waals surface area contributed by atoms with Crippen LogP contribution >= 0.6 is 0 Å². The third-order valence-electron chi connectivity index (χ3n) is 4.87. The maximum atomic E-state index is 12.6. The molecule has 1 aliphatic rings. The Morgan fingerprint density at radius 1 is 1.06 bits per heavy atom. The number of carbonyl (C=O) groups is 1. The monoisotopic (exact) mass is 441 g/mol. The highest BCUT2D eigenvalue weighted by molar-refractivity contribution is 7.90. The summed E-state index contributed by atoms with van der Waals surface area (Å²) in [7, 11) is -3.73. The summed E-state index contributed by atoms with van der Waals surface area (Å²) in [6, 6.07) is 7.75. The minimum absolute atomic E-state index is 0.0223. The Labute approximate surface area is 179 Å². The molecule has 0 saturated heterocycles. The van der Waals surface area contributed by atoms with E-state index in [1.54, 1.807) is 0 Å². The predicted octanol–water partition coefficient (Wildman–Crippen LogP) is 2.24. The number of amides is 1. The fraction of sp³-hybridized carbons (Fsp3) is 0.350. The van der Waals surface area contributed by atoms with E-state index in [1.807, 2.05) is 19.9 Å². The zero-order valence-corrected chi connectivity index (χ0v) is 18.1. The molecule has 31 heavy (non-hydrogen) atoms. The Balaban J connectivity index is 1.47. The first-order valence-corrected chi connectivity index (χ1v) is 11.5. The van der Waals surface area contributed by atoms with Crippen molar-refractivity contribution in [3.8, 4) is 0 Å². The fourth-order valence-electron chi connectivity index (χ4n) is 3.34. The lowest BCUT2D eigenvalue weighted by atomic mass is 10.2. The molecular weight excluding hydrogens is 418 g/mol. The van der Waals surface area contributed by atoms with Gasteiger partial charge >= 0.3 is 0 Å². The van der Waals surface area contributed by atoms with Gasteiger partial charge in [0.05, 0.1) is 4.90 Å². The Morgan fingerprint density at radius 2 is 1.84 bits per heavy atom. The van der Waals surface area contributed by atoms with E-state index in [1.165, 1.54) is 28.8 Å². The Kier molecular flexibility index (Phi) is 5.68. The smallest absolute Gasteiger partial charge is 0.295 e. The van der Waals surface area contributed by atoms with Crippen molar-refractivity contribution >= 4 is 33.2 Å². The summed E-state index contributed by atoms with van der Waals surface area (Å²) in [6.07, 6.45) is 3.54. The van der Waals surface area contributed by atoms with Crippen molar-refractivity contribution in [2.45, 2.75) is 44.4 Å². The van der Waals surface area contributed by atoms with Crippen LogP contribution in [0.4, 0.5) is 5.69 Å². The third-order valence-corrected chi connectivity index (χ3v) is 6.27. The van der Waals surface area contributed by atoms with Gasteiger partial charge < -0.3 is 5.32 Å². The summed E-state index contributed by atoms with van der Waals surface area (Å²) in [5.41, 5.74) is 2.02. The van der Waals surface area contributed by atoms with Crippen LogP contribution in [-0.4, -0.2) is 46.3 Å². The molecule has 10 nitrogen and oxygen atoms in total. The molecule has 0 atom stereocenters. The number of anilines is 1. The Bertz CT molecular complexity index is 1260. The third kappa shape index (κ3) is 4.71. The van der Waals surface area contributed by atoms with Crippen LogP contribution in [0.25, 0.3) is 5.78 Å². The molecule has 0 unspecified atom stereocenters. The van der Waals surface area contributed by atoms with Crippen LogP contribution in [0.3, 0.4) is 0 Å². The molecule has 0 bridgehead atoms. The molecule has 2 N–H and O–H groups in total. The number of carbonyl (C=O) groups excluding carboxylic acids is 1. The van der Waals surface area contributed by atoms with Crippen molar-refractivity contribution in [3.05, 3.63) is 47.5 Å². The van der Waals surface area contributed by atoms with Gasteiger partial charge in [0.1, 0.15) is 5.84 Å². The molecule has 0 radical (unpaired) electrons. The number of aryl methyl sites for hydroxylation is 2. The number of sulfonamides is 1. The lowest BCUT2D eigenvalue weighted by Gasteiger charge is -2.10. The highest BCUT2D eigenvalue weighted by Gasteiger charge is 2.19. The maximum Gasteiger partial charge on any atom is 0.295 e. The SMILES string of the molecule is Cc1cc(C)n2nc(C(=O)Nc3ccc(S(=O)(=O)NC4=NCCCCC4)cc3)nc2n1. The number of hydrogen-bond acceptors (Lipinski definition) is 7. The number of rotatable bonds is 4. The minimum Gasteiger partial charge on any atom is -0.319 e. The van der Waals surface area contributed by atoms with Crippen LogP contribution in [-0.2, 0) is 10.0 Å². The van der Waals surface area contributed by atoms with E-state index in [-0.39, 0.29) is 10.7 Å². The molecule has 4 rings (SSSR count). The minimum atomic E-state index is -3.73. The largest absolute Gasteiger partial charge is 0.319 e. The number of aliphatic imine (C=N–C) groups is 1. The van der Waals surface area contributed by atoms with Crippen molar-refractivity contribution in [1.82, 2.24) is 24.3 Å². The second kappa shape index (κ2) is 8.42. The van der Waals surface area contributed by atoms with Crippen LogP contribution in [0.1, 0.15) is 47.7 Å². The second-order valence-corrected chi connectivity index (χ2v) is 9.09. The summed E-state index contributed by atoms with van der Waals surface area (Å²) >= 11 is 0. The van der Waals surface area contributed by atoms with Crippen molar-refractivity contribution in [3.63, 3.8) is 0 Å². The average molecular weight is 442 g/mol. The molecule has 3 heterocycles. The Hall–Kier alpha value is -3.34. The van der Waals surface area contributed by atoms with Crippen molar-refractivity contribution in [2.75, 3.05) is 11.9 Å². The maximum absolute atomic E-state index is 12.6. The van der Waals surface area contributed by atoms with Crippen LogP contribution in [0.2, 0.25) is 0 Å². The summed E-state index contributed by atoms with van der Waals surface area (Å²) in [4.78, 5) is 25.4. The highest BCUT2D eigenvalue weighted by Crippen LogP contribution is 2.16. The molecule has 1 amide bonds. The zero-order valence-electron chi connectivity index (χ0n) is 17.3. The lowest BCUT2D eigenvalue weighted by Crippen LogP contribution is -2.30. The number of nitrogens with zero attached hydrogens (tertiary/aromatic N) is 5. The van der Waals surface area contributed by atoms with Gasteiger partial charge in [-0.3, -0.25) is 14.5 Å². The average Bonchev–Trinajstić information content (AvgIpc) is 2.99. The van der Waals surface area contributed by atoms with Gasteiger partial charge in [0.2, 0.25) is 5.82 Å². The topological polar surface area (TPSA) is 131 Å². The standard InChI is InChI=1S/C20H23N7O3S/c1-13-12-14(2)27-20(22-13)24-18(25-27)19(28)23-15-7-9-16(10-8-15)31(29,30)26-17-6-4-3-5-11-21-17/h7-10,12H,3-6,11H2,1-2H3,(H,21,26)(H,23,28). The normalized spacial score (nSPS) is 14.7. The van der Waals surface area contributed by atoms with Gasteiger partial charge in [-0.15, -0.1) is 5.10 Å². The van der Waals surface area contributed by atoms with E-state index in [0.29, 0.717) is 30.3 Å². The molecule has 2 aromatic heterocycles. The molecule has 0 spiro atoms. The predicted molar refractivity (Wildman–Crippen MR) is 116 cm³/mol. The van der Waals surface area contributed by atoms with Crippen molar-refractivity contribution < 1.29 is 13.2 Å². The van der Waals surface area contributed by atoms with Gasteiger partial charge in [0, 0.05) is 30.0 Å². The molecule has 0 fully saturated rings. The first kappa shape index (κ1) is 20.9. The lowest BCUT2D eigenvalue weighted by molar-refractivity contribution is 0.101. The van der Waals surface area contributed by atoms with Gasteiger partial charge in [-0.25, -0.2) is 17.9 Å². The van der Waals surface area contributed by atoms with Crippen molar-refractivity contribution in [2.24, 2.45) is 4.99 Å². The molecule has 11 heteroatoms. The summed E-state index contributed by atoms with van der Waals surface area (Å²) in [5, 5.41) is 6.87. The number of amidine groups is 1. The van der Waals surface area contributed by atoms with Crippen LogP contribution in [0.5, 0.6) is 0 Å². The van der Waals surface area contributed by atoms with Gasteiger partial charge in [-0.1, -0.05) is 6.42 Å². The van der Waals surface area contributed by atoms with E-state index in [9.17, 15) is 13.2 Å². The molecular formula is C20H23N7O3S. The van der Waals surface area contributed by atoms with Gasteiger partial charge in [0.15, 0.2) is 0 Å². The number of hydrogen-bond donors (Lipinski definition) is 2. The van der Waals surface area contributed by atoms with E-state index in [2.05, 4.69) is 30.1 Å². The first-order valence-electron chi connectivity index (χ1n) is 10.0. The molecule has 1 aromatic carbocycles. The summed E-state index contributed by atoms with van der Waals surface area (Å²) in [6.45, 7) is 4.33. The summed E-state index contributed by atoms with van der Waals surface area (Å²) in [5.74, 6) is 0.304. The number of benzene rings is 1. The van der Waals surface area contributed by atoms with E-state index in [4.69, 9.17) is 0 Å². The van der Waals surface area contributed by atoms with Crippen molar-refractivity contribution in [1.29, 1.82) is 0 Å². The van der Waals surface area contributed by atoms with Crippen LogP contribution < -0.4 is 10.0 Å². The van der Waals surface area contributed by atoms with Gasteiger partial charge in [-0.05, 0) is 57.0 Å². The second-order valence-electron chi connectivity index (χ2n) is 7.41. The van der Waals surface area contributed by atoms with Crippen LogP contribution in [0.15, 0.2) is 40.2 Å². The molecule has 0 aliphatic carbocycles. The molecule has 162 valence electrons. The Morgan fingerprint density at radius 3 is 2.61 bits per heavy atom. The highest BCUT2D eigenvalue weighted by atomic mass is 32.2. The zero-order chi connectivity index (χ0) is 22.0. The molecule has 3 aromatic rings. The number of nitrogens with one attached hydrogen (secondary N) is 2.